The standard InChI is InChI=1S/C21H25N3O3S/c1-14-4-9-20-18(12-14)19-13-23(3)11-10-21(19)24(20)28(26,27)17-7-5-16(6-8-17)22-15(2)25/h4-9,12,19,21H,10-11,13H2,1-3H3,(H,22,25)/p+1/t19-,21+/m1/s1. The van der Waals surface area contributed by atoms with Crippen LogP contribution in [0.4, 0.5) is 11.4 Å². The van der Waals surface area contributed by atoms with E-state index >= 15 is 0 Å². The number of benzene rings is 2. The van der Waals surface area contributed by atoms with Crippen LogP contribution in [0.3, 0.4) is 0 Å². The first-order valence-corrected chi connectivity index (χ1v) is 11.1. The molecule has 2 N–H and O–H groups in total. The second kappa shape index (κ2) is 6.90. The van der Waals surface area contributed by atoms with Crippen LogP contribution in [0.5, 0.6) is 0 Å². The zero-order valence-electron chi connectivity index (χ0n) is 16.4. The minimum absolute atomic E-state index is 0.0412. The predicted octanol–water partition coefficient (Wildman–Crippen LogP) is 1.53. The van der Waals surface area contributed by atoms with E-state index in [-0.39, 0.29) is 22.8 Å². The lowest BCUT2D eigenvalue weighted by Crippen LogP contribution is -3.11. The topological polar surface area (TPSA) is 70.9 Å². The van der Waals surface area contributed by atoms with E-state index in [0.29, 0.717) is 5.69 Å². The molecular formula is C21H26N3O3S+. The number of hydrogen-bond acceptors (Lipinski definition) is 3. The van der Waals surface area contributed by atoms with Gasteiger partial charge in [-0.2, -0.15) is 0 Å². The first kappa shape index (κ1) is 19.0. The van der Waals surface area contributed by atoms with Gasteiger partial charge in [-0.15, -0.1) is 0 Å². The quantitative estimate of drug-likeness (QED) is 0.821. The number of rotatable bonds is 3. The molecule has 2 aliphatic rings. The number of anilines is 2. The summed E-state index contributed by atoms with van der Waals surface area (Å²) in [4.78, 5) is 12.9. The summed E-state index contributed by atoms with van der Waals surface area (Å²) in [6.07, 6.45) is 0.841. The molecule has 1 fully saturated rings. The molecule has 0 radical (unpaired) electrons. The Bertz CT molecular complexity index is 1020. The summed E-state index contributed by atoms with van der Waals surface area (Å²) in [5, 5.41) is 2.67. The molecule has 148 valence electrons. The molecule has 0 bridgehead atoms. The minimum Gasteiger partial charge on any atom is -0.337 e. The van der Waals surface area contributed by atoms with E-state index < -0.39 is 10.0 Å². The molecule has 4 rings (SSSR count). The van der Waals surface area contributed by atoms with Crippen molar-refractivity contribution in [3.05, 3.63) is 53.6 Å². The number of amides is 1. The number of quaternary nitrogens is 1. The summed E-state index contributed by atoms with van der Waals surface area (Å²) in [5.74, 6) is 0.0354. The maximum absolute atomic E-state index is 13.6. The number of sulfonamides is 1. The summed E-state index contributed by atoms with van der Waals surface area (Å²) in [7, 11) is -1.52. The van der Waals surface area contributed by atoms with Gasteiger partial charge >= 0.3 is 0 Å². The van der Waals surface area contributed by atoms with Gasteiger partial charge in [-0.3, -0.25) is 9.10 Å². The zero-order valence-corrected chi connectivity index (χ0v) is 17.2. The van der Waals surface area contributed by atoms with E-state index in [1.54, 1.807) is 28.6 Å². The molecule has 1 unspecified atom stereocenters. The molecule has 2 aliphatic heterocycles. The van der Waals surface area contributed by atoms with Crippen LogP contribution >= 0.6 is 0 Å². The van der Waals surface area contributed by atoms with Crippen molar-refractivity contribution in [1.29, 1.82) is 0 Å². The van der Waals surface area contributed by atoms with Crippen LogP contribution in [-0.4, -0.2) is 40.5 Å². The molecule has 2 aromatic rings. The van der Waals surface area contributed by atoms with Crippen molar-refractivity contribution in [1.82, 2.24) is 0 Å². The highest BCUT2D eigenvalue weighted by Gasteiger charge is 2.48. The number of nitrogens with zero attached hydrogens (tertiary/aromatic N) is 1. The third-order valence-corrected chi connectivity index (χ3v) is 7.61. The van der Waals surface area contributed by atoms with Gasteiger partial charge in [-0.1, -0.05) is 17.7 Å². The largest absolute Gasteiger partial charge is 0.337 e. The van der Waals surface area contributed by atoms with E-state index in [2.05, 4.69) is 18.4 Å². The van der Waals surface area contributed by atoms with Crippen molar-refractivity contribution in [2.45, 2.75) is 37.1 Å². The first-order valence-electron chi connectivity index (χ1n) is 9.61. The SMILES string of the molecule is CC(=O)Nc1ccc(S(=O)(=O)N2c3ccc(C)cc3[C@H]3C[NH+](C)CC[C@@H]32)cc1. The second-order valence-corrected chi connectivity index (χ2v) is 9.76. The number of aryl methyl sites for hydroxylation is 1. The lowest BCUT2D eigenvalue weighted by Gasteiger charge is -2.34. The van der Waals surface area contributed by atoms with Gasteiger partial charge in [0.1, 0.15) is 0 Å². The minimum atomic E-state index is -3.69. The molecule has 2 heterocycles. The van der Waals surface area contributed by atoms with E-state index in [4.69, 9.17) is 0 Å². The highest BCUT2D eigenvalue weighted by molar-refractivity contribution is 7.92. The molecule has 7 heteroatoms. The van der Waals surface area contributed by atoms with Crippen molar-refractivity contribution in [3.8, 4) is 0 Å². The summed E-state index contributed by atoms with van der Waals surface area (Å²) in [5.41, 5.74) is 3.69. The van der Waals surface area contributed by atoms with Crippen LogP contribution in [0, 0.1) is 6.92 Å². The average molecular weight is 401 g/mol. The van der Waals surface area contributed by atoms with Gasteiger partial charge in [0.2, 0.25) is 5.91 Å². The van der Waals surface area contributed by atoms with E-state index in [9.17, 15) is 13.2 Å². The van der Waals surface area contributed by atoms with Crippen molar-refractivity contribution in [2.75, 3.05) is 29.8 Å². The molecule has 1 saturated heterocycles. The third kappa shape index (κ3) is 3.18. The van der Waals surface area contributed by atoms with Crippen LogP contribution in [0.25, 0.3) is 0 Å². The normalized spacial score (nSPS) is 23.8. The molecular weight excluding hydrogens is 374 g/mol. The smallest absolute Gasteiger partial charge is 0.264 e. The average Bonchev–Trinajstić information content (AvgIpc) is 2.95. The highest BCUT2D eigenvalue weighted by Crippen LogP contribution is 2.45. The second-order valence-electron chi connectivity index (χ2n) is 7.94. The lowest BCUT2D eigenvalue weighted by atomic mass is 9.89. The Kier molecular flexibility index (Phi) is 4.67. The third-order valence-electron chi connectivity index (χ3n) is 5.75. The van der Waals surface area contributed by atoms with Gasteiger partial charge in [-0.25, -0.2) is 8.42 Å². The summed E-state index contributed by atoms with van der Waals surface area (Å²) in [6, 6.07) is 12.4. The maximum Gasteiger partial charge on any atom is 0.264 e. The fraction of sp³-hybridized carbons (Fsp3) is 0.381. The van der Waals surface area contributed by atoms with E-state index in [0.717, 1.165) is 36.3 Å². The van der Waals surface area contributed by atoms with Crippen molar-refractivity contribution < 1.29 is 18.1 Å². The number of hydrogen-bond donors (Lipinski definition) is 2. The Labute approximate surface area is 166 Å². The molecule has 3 atom stereocenters. The van der Waals surface area contributed by atoms with Crippen molar-refractivity contribution in [2.24, 2.45) is 0 Å². The molecule has 0 aromatic heterocycles. The monoisotopic (exact) mass is 400 g/mol. The number of carbonyl (C=O) groups is 1. The van der Waals surface area contributed by atoms with Gasteiger partial charge in [0.15, 0.2) is 0 Å². The van der Waals surface area contributed by atoms with E-state index in [1.807, 2.05) is 19.1 Å². The number of carbonyl (C=O) groups excluding carboxylic acids is 1. The first-order chi connectivity index (χ1) is 13.3. The number of fused-ring (bicyclic) bond motifs is 3. The number of nitrogens with one attached hydrogen (secondary N) is 2. The molecule has 0 spiro atoms. The Morgan fingerprint density at radius 3 is 2.57 bits per heavy atom. The predicted molar refractivity (Wildman–Crippen MR) is 109 cm³/mol. The van der Waals surface area contributed by atoms with Crippen molar-refractivity contribution >= 4 is 27.3 Å². The zero-order chi connectivity index (χ0) is 20.1. The van der Waals surface area contributed by atoms with Gasteiger partial charge in [0.05, 0.1) is 42.7 Å². The molecule has 1 amide bonds. The van der Waals surface area contributed by atoms with Crippen LogP contribution in [0.1, 0.15) is 30.4 Å². The fourth-order valence-electron chi connectivity index (χ4n) is 4.49. The van der Waals surface area contributed by atoms with Crippen LogP contribution in [0.15, 0.2) is 47.4 Å². The fourth-order valence-corrected chi connectivity index (χ4v) is 6.23. The summed E-state index contributed by atoms with van der Waals surface area (Å²) in [6.45, 7) is 5.37. The Balaban J connectivity index is 1.75. The van der Waals surface area contributed by atoms with Gasteiger partial charge in [0.25, 0.3) is 10.0 Å². The Morgan fingerprint density at radius 1 is 1.18 bits per heavy atom. The molecule has 0 aliphatic carbocycles. The maximum atomic E-state index is 13.6. The van der Waals surface area contributed by atoms with Crippen LogP contribution in [-0.2, 0) is 14.8 Å². The Hall–Kier alpha value is -2.38. The molecule has 0 saturated carbocycles. The number of likely N-dealkylation sites (N-methyl/N-ethyl adjacent to an activating group) is 1. The van der Waals surface area contributed by atoms with Gasteiger partial charge < -0.3 is 10.2 Å². The highest BCUT2D eigenvalue weighted by atomic mass is 32.2. The van der Waals surface area contributed by atoms with Crippen LogP contribution < -0.4 is 14.5 Å². The van der Waals surface area contributed by atoms with Gasteiger partial charge in [-0.05, 0) is 42.8 Å². The van der Waals surface area contributed by atoms with Gasteiger partial charge in [0, 0.05) is 19.0 Å². The van der Waals surface area contributed by atoms with Crippen LogP contribution in [0.2, 0.25) is 0 Å². The molecule has 28 heavy (non-hydrogen) atoms. The van der Waals surface area contributed by atoms with Crippen molar-refractivity contribution in [3.63, 3.8) is 0 Å². The summed E-state index contributed by atoms with van der Waals surface area (Å²) >= 11 is 0. The molecule has 2 aromatic carbocycles. The summed E-state index contributed by atoms with van der Waals surface area (Å²) < 4.78 is 28.8. The lowest BCUT2D eigenvalue weighted by molar-refractivity contribution is -0.886. The van der Waals surface area contributed by atoms with E-state index in [1.165, 1.54) is 11.8 Å². The molecule has 6 nitrogen and oxygen atoms in total. The number of piperidine rings is 1. The Morgan fingerprint density at radius 2 is 1.89 bits per heavy atom. The number of likely N-dealkylation sites (tertiary alicyclic amines) is 1.